The van der Waals surface area contributed by atoms with E-state index in [1.807, 2.05) is 31.7 Å². The van der Waals surface area contributed by atoms with Crippen LogP contribution in [0.1, 0.15) is 39.4 Å². The van der Waals surface area contributed by atoms with E-state index in [0.29, 0.717) is 13.1 Å². The molecule has 1 aromatic rings. The first-order chi connectivity index (χ1) is 10.3. The summed E-state index contributed by atoms with van der Waals surface area (Å²) in [6, 6.07) is 0.182. The number of likely N-dealkylation sites (tertiary alicyclic amines) is 1. The Kier molecular flexibility index (Phi) is 5.41. The molecule has 1 saturated heterocycles. The van der Waals surface area contributed by atoms with Crippen LogP contribution in [0.25, 0.3) is 0 Å². The molecule has 6 nitrogen and oxygen atoms in total. The van der Waals surface area contributed by atoms with E-state index < -0.39 is 5.60 Å². The zero-order valence-electron chi connectivity index (χ0n) is 13.8. The summed E-state index contributed by atoms with van der Waals surface area (Å²) in [7, 11) is 1.67. The Balaban J connectivity index is 1.96. The molecule has 22 heavy (non-hydrogen) atoms. The molecular weight excluding hydrogens is 302 g/mol. The molecule has 1 aliphatic rings. The van der Waals surface area contributed by atoms with Crippen molar-refractivity contribution in [1.82, 2.24) is 15.2 Å². The highest BCUT2D eigenvalue weighted by molar-refractivity contribution is 7.07. The van der Waals surface area contributed by atoms with Crippen LogP contribution >= 0.6 is 11.3 Å². The van der Waals surface area contributed by atoms with Crippen molar-refractivity contribution < 1.29 is 14.3 Å². The Morgan fingerprint density at radius 3 is 2.77 bits per heavy atom. The second-order valence-electron chi connectivity index (χ2n) is 6.57. The number of methoxy groups -OCH3 is 1. The molecule has 2 unspecified atom stereocenters. The highest BCUT2D eigenvalue weighted by Crippen LogP contribution is 2.20. The van der Waals surface area contributed by atoms with Gasteiger partial charge in [-0.1, -0.05) is 0 Å². The van der Waals surface area contributed by atoms with Gasteiger partial charge >= 0.3 is 6.09 Å². The molecule has 0 aromatic carbocycles. The first-order valence-electron chi connectivity index (χ1n) is 7.45. The third kappa shape index (κ3) is 4.41. The molecule has 124 valence electrons. The summed E-state index contributed by atoms with van der Waals surface area (Å²) in [6.07, 6.45) is -0.339. The van der Waals surface area contributed by atoms with Crippen LogP contribution in [0.4, 0.5) is 4.79 Å². The predicted octanol–water partition coefficient (Wildman–Crippen LogP) is 2.43. The number of ether oxygens (including phenoxy) is 2. The lowest BCUT2D eigenvalue weighted by Crippen LogP contribution is -2.42. The molecule has 1 aromatic heterocycles. The van der Waals surface area contributed by atoms with Crippen molar-refractivity contribution in [2.45, 2.75) is 51.5 Å². The Labute approximate surface area is 135 Å². The van der Waals surface area contributed by atoms with E-state index in [0.717, 1.165) is 5.69 Å². The maximum atomic E-state index is 12.2. The molecule has 2 heterocycles. The lowest BCUT2D eigenvalue weighted by molar-refractivity contribution is 0.0252. The maximum absolute atomic E-state index is 12.2. The molecule has 1 aliphatic heterocycles. The van der Waals surface area contributed by atoms with Crippen LogP contribution in [-0.4, -0.2) is 53.9 Å². The summed E-state index contributed by atoms with van der Waals surface area (Å²) >= 11 is 1.58. The minimum atomic E-state index is -0.487. The van der Waals surface area contributed by atoms with Crippen LogP contribution in [0.3, 0.4) is 0 Å². The van der Waals surface area contributed by atoms with Gasteiger partial charge in [-0.25, -0.2) is 9.78 Å². The van der Waals surface area contributed by atoms with E-state index in [-0.39, 0.29) is 24.3 Å². The molecule has 0 saturated carbocycles. The number of hydrogen-bond donors (Lipinski definition) is 1. The van der Waals surface area contributed by atoms with Crippen LogP contribution in [0, 0.1) is 0 Å². The molecule has 7 heteroatoms. The van der Waals surface area contributed by atoms with E-state index in [9.17, 15) is 4.79 Å². The van der Waals surface area contributed by atoms with Gasteiger partial charge in [0.15, 0.2) is 0 Å². The van der Waals surface area contributed by atoms with E-state index in [2.05, 4.69) is 17.2 Å². The van der Waals surface area contributed by atoms with Gasteiger partial charge in [-0.05, 0) is 27.7 Å². The first-order valence-corrected chi connectivity index (χ1v) is 8.39. The third-order valence-electron chi connectivity index (χ3n) is 3.58. The average Bonchev–Trinajstić information content (AvgIpc) is 3.05. The summed E-state index contributed by atoms with van der Waals surface area (Å²) in [6.45, 7) is 8.78. The maximum Gasteiger partial charge on any atom is 0.410 e. The molecule has 0 radical (unpaired) electrons. The highest BCUT2D eigenvalue weighted by atomic mass is 32.1. The van der Waals surface area contributed by atoms with Crippen molar-refractivity contribution in [1.29, 1.82) is 0 Å². The standard InChI is InChI=1S/C15H25N3O3S/c1-10(12-8-22-9-16-12)17-11-6-18(7-13(11)20-5)14(19)21-15(2,3)4/h8-11,13,17H,6-7H2,1-5H3/t10?,11?,13-/m0/s1. The fraction of sp³-hybridized carbons (Fsp3) is 0.733. The van der Waals surface area contributed by atoms with Crippen molar-refractivity contribution in [3.05, 3.63) is 16.6 Å². The summed E-state index contributed by atoms with van der Waals surface area (Å²) in [5.74, 6) is 0. The van der Waals surface area contributed by atoms with Gasteiger partial charge in [-0.2, -0.15) is 0 Å². The normalized spacial score (nSPS) is 23.6. The number of carbonyl (C=O) groups is 1. The largest absolute Gasteiger partial charge is 0.444 e. The van der Waals surface area contributed by atoms with Crippen molar-refractivity contribution in [2.75, 3.05) is 20.2 Å². The number of aromatic nitrogens is 1. The summed E-state index contributed by atoms with van der Waals surface area (Å²) in [5, 5.41) is 5.53. The molecular formula is C15H25N3O3S. The minimum Gasteiger partial charge on any atom is -0.444 e. The van der Waals surface area contributed by atoms with Crippen LogP contribution in [0.15, 0.2) is 10.9 Å². The van der Waals surface area contributed by atoms with Gasteiger partial charge in [-0.3, -0.25) is 0 Å². The van der Waals surface area contributed by atoms with Gasteiger partial charge in [0.25, 0.3) is 0 Å². The van der Waals surface area contributed by atoms with E-state index in [1.165, 1.54) is 0 Å². The van der Waals surface area contributed by atoms with Crippen molar-refractivity contribution in [3.8, 4) is 0 Å². The molecule has 1 N–H and O–H groups in total. The molecule has 1 fully saturated rings. The quantitative estimate of drug-likeness (QED) is 0.920. The van der Waals surface area contributed by atoms with Gasteiger partial charge in [0.05, 0.1) is 29.9 Å². The summed E-state index contributed by atoms with van der Waals surface area (Å²) < 4.78 is 11.0. The van der Waals surface area contributed by atoms with E-state index in [1.54, 1.807) is 23.3 Å². The number of amides is 1. The number of carbonyl (C=O) groups excluding carboxylic acids is 1. The van der Waals surface area contributed by atoms with Crippen molar-refractivity contribution >= 4 is 17.4 Å². The number of nitrogens with one attached hydrogen (secondary N) is 1. The highest BCUT2D eigenvalue weighted by Gasteiger charge is 2.38. The number of thiazole rings is 1. The molecule has 0 aliphatic carbocycles. The summed E-state index contributed by atoms with van der Waals surface area (Å²) in [4.78, 5) is 18.2. The molecule has 2 rings (SSSR count). The monoisotopic (exact) mass is 327 g/mol. The molecule has 3 atom stereocenters. The zero-order chi connectivity index (χ0) is 16.3. The lowest BCUT2D eigenvalue weighted by atomic mass is 10.1. The van der Waals surface area contributed by atoms with Gasteiger partial charge in [0.2, 0.25) is 0 Å². The van der Waals surface area contributed by atoms with Crippen LogP contribution < -0.4 is 5.32 Å². The first kappa shape index (κ1) is 17.2. The Hall–Kier alpha value is -1.18. The van der Waals surface area contributed by atoms with Gasteiger partial charge in [-0.15, -0.1) is 11.3 Å². The second-order valence-corrected chi connectivity index (χ2v) is 7.29. The molecule has 0 bridgehead atoms. The Morgan fingerprint density at radius 1 is 1.50 bits per heavy atom. The van der Waals surface area contributed by atoms with Gasteiger partial charge in [0, 0.05) is 25.1 Å². The summed E-state index contributed by atoms with van der Waals surface area (Å²) in [5.41, 5.74) is 2.35. The topological polar surface area (TPSA) is 63.7 Å². The third-order valence-corrected chi connectivity index (χ3v) is 4.18. The fourth-order valence-corrected chi connectivity index (χ4v) is 3.14. The van der Waals surface area contributed by atoms with Crippen LogP contribution in [0.2, 0.25) is 0 Å². The zero-order valence-corrected chi connectivity index (χ0v) is 14.6. The number of nitrogens with zero attached hydrogens (tertiary/aromatic N) is 2. The van der Waals surface area contributed by atoms with Crippen molar-refractivity contribution in [2.24, 2.45) is 0 Å². The second kappa shape index (κ2) is 6.93. The Bertz CT molecular complexity index is 487. The lowest BCUT2D eigenvalue weighted by Gasteiger charge is -2.24. The number of rotatable bonds is 4. The SMILES string of the molecule is CO[C@H]1CN(C(=O)OC(C)(C)C)CC1NC(C)c1cscn1. The average molecular weight is 327 g/mol. The number of hydrogen-bond acceptors (Lipinski definition) is 6. The van der Waals surface area contributed by atoms with Gasteiger partial charge < -0.3 is 19.7 Å². The fourth-order valence-electron chi connectivity index (χ4n) is 2.49. The predicted molar refractivity (Wildman–Crippen MR) is 86.1 cm³/mol. The molecule has 1 amide bonds. The van der Waals surface area contributed by atoms with Gasteiger partial charge in [0.1, 0.15) is 5.60 Å². The minimum absolute atomic E-state index is 0.0476. The molecule has 0 spiro atoms. The smallest absolute Gasteiger partial charge is 0.410 e. The van der Waals surface area contributed by atoms with E-state index >= 15 is 0 Å². The van der Waals surface area contributed by atoms with Crippen LogP contribution in [0.5, 0.6) is 0 Å². The van der Waals surface area contributed by atoms with Crippen molar-refractivity contribution in [3.63, 3.8) is 0 Å². The van der Waals surface area contributed by atoms with Crippen LogP contribution in [-0.2, 0) is 9.47 Å². The Morgan fingerprint density at radius 2 is 2.23 bits per heavy atom. The van der Waals surface area contributed by atoms with E-state index in [4.69, 9.17) is 9.47 Å².